The van der Waals surface area contributed by atoms with Crippen LogP contribution in [-0.2, 0) is 28.6 Å². The molecule has 0 saturated carbocycles. The number of benzene rings is 1. The lowest BCUT2D eigenvalue weighted by Gasteiger charge is -2.22. The molecule has 1 heterocycles. The Bertz CT molecular complexity index is 657. The molecule has 8 heteroatoms. The third-order valence-electron chi connectivity index (χ3n) is 3.54. The maximum Gasteiger partial charge on any atom is 0.303 e. The zero-order chi connectivity index (χ0) is 17.2. The van der Waals surface area contributed by atoms with E-state index in [-0.39, 0.29) is 4.90 Å². The van der Waals surface area contributed by atoms with Gasteiger partial charge in [-0.05, 0) is 26.0 Å². The number of hydrogen-bond acceptors (Lipinski definition) is 6. The number of esters is 1. The van der Waals surface area contributed by atoms with E-state index in [4.69, 9.17) is 13.7 Å². The minimum absolute atomic E-state index is 0.0533. The first kappa shape index (κ1) is 18.4. The second-order valence-corrected chi connectivity index (χ2v) is 7.66. The standard InChI is InChI=1S/C15H19BrO6S/c1-9-4-6-12(7-5-9)23(18,19)22-15-13(8-16)20-10(2)14(15)21-11(3)17/h4-7,10,13-15H,8H2,1-3H3. The van der Waals surface area contributed by atoms with Crippen LogP contribution in [-0.4, -0.2) is 44.1 Å². The van der Waals surface area contributed by atoms with E-state index in [1.54, 1.807) is 19.1 Å². The first-order valence-corrected chi connectivity index (χ1v) is 9.66. The van der Waals surface area contributed by atoms with E-state index < -0.39 is 40.5 Å². The number of carbonyl (C=O) groups is 1. The highest BCUT2D eigenvalue weighted by Crippen LogP contribution is 2.30. The van der Waals surface area contributed by atoms with Crippen molar-refractivity contribution in [2.45, 2.75) is 50.1 Å². The summed E-state index contributed by atoms with van der Waals surface area (Å²) in [6.45, 7) is 4.84. The molecule has 4 atom stereocenters. The summed E-state index contributed by atoms with van der Waals surface area (Å²) in [4.78, 5) is 11.3. The molecule has 0 spiro atoms. The van der Waals surface area contributed by atoms with Crippen molar-refractivity contribution >= 4 is 32.0 Å². The average molecular weight is 407 g/mol. The van der Waals surface area contributed by atoms with E-state index in [0.717, 1.165) is 5.56 Å². The number of carbonyl (C=O) groups excluding carboxylic acids is 1. The Hall–Kier alpha value is -0.960. The summed E-state index contributed by atoms with van der Waals surface area (Å²) >= 11 is 3.27. The van der Waals surface area contributed by atoms with E-state index in [9.17, 15) is 13.2 Å². The molecule has 1 aliphatic rings. The van der Waals surface area contributed by atoms with Crippen LogP contribution < -0.4 is 0 Å². The summed E-state index contributed by atoms with van der Waals surface area (Å²) in [7, 11) is -3.99. The minimum Gasteiger partial charge on any atom is -0.457 e. The van der Waals surface area contributed by atoms with Crippen LogP contribution in [0.15, 0.2) is 29.2 Å². The summed E-state index contributed by atoms with van der Waals surface area (Å²) in [5.74, 6) is -0.512. The van der Waals surface area contributed by atoms with Crippen molar-refractivity contribution < 1.29 is 26.9 Å². The zero-order valence-electron chi connectivity index (χ0n) is 13.1. The minimum atomic E-state index is -3.99. The molecule has 2 rings (SSSR count). The van der Waals surface area contributed by atoms with Crippen molar-refractivity contribution in [3.05, 3.63) is 29.8 Å². The van der Waals surface area contributed by atoms with Gasteiger partial charge < -0.3 is 9.47 Å². The van der Waals surface area contributed by atoms with E-state index in [1.807, 2.05) is 6.92 Å². The Morgan fingerprint density at radius 1 is 1.26 bits per heavy atom. The molecule has 0 N–H and O–H groups in total. The molecule has 0 radical (unpaired) electrons. The fourth-order valence-corrected chi connectivity index (χ4v) is 4.04. The molecular formula is C15H19BrO6S. The SMILES string of the molecule is CC(=O)OC1C(C)OC(CBr)C1OS(=O)(=O)c1ccc(C)cc1. The van der Waals surface area contributed by atoms with Crippen LogP contribution in [0.25, 0.3) is 0 Å². The Kier molecular flexibility index (Phi) is 5.83. The van der Waals surface area contributed by atoms with Gasteiger partial charge in [-0.25, -0.2) is 0 Å². The molecule has 1 aliphatic heterocycles. The molecule has 1 saturated heterocycles. The van der Waals surface area contributed by atoms with Gasteiger partial charge in [0.15, 0.2) is 6.10 Å². The van der Waals surface area contributed by atoms with Gasteiger partial charge in [0.2, 0.25) is 0 Å². The van der Waals surface area contributed by atoms with E-state index in [0.29, 0.717) is 5.33 Å². The van der Waals surface area contributed by atoms with Crippen LogP contribution in [0, 0.1) is 6.92 Å². The van der Waals surface area contributed by atoms with E-state index in [1.165, 1.54) is 19.1 Å². The quantitative estimate of drug-likeness (QED) is 0.423. The molecule has 4 unspecified atom stereocenters. The zero-order valence-corrected chi connectivity index (χ0v) is 15.5. The molecule has 128 valence electrons. The molecule has 0 bridgehead atoms. The van der Waals surface area contributed by atoms with Crippen molar-refractivity contribution in [1.29, 1.82) is 0 Å². The summed E-state index contributed by atoms with van der Waals surface area (Å²) in [6.07, 6.45) is -2.68. The van der Waals surface area contributed by atoms with Crippen LogP contribution >= 0.6 is 15.9 Å². The largest absolute Gasteiger partial charge is 0.457 e. The van der Waals surface area contributed by atoms with E-state index in [2.05, 4.69) is 15.9 Å². The monoisotopic (exact) mass is 406 g/mol. The molecule has 0 amide bonds. The number of alkyl halides is 1. The molecule has 1 aromatic rings. The van der Waals surface area contributed by atoms with Gasteiger partial charge in [-0.2, -0.15) is 8.42 Å². The Morgan fingerprint density at radius 3 is 2.39 bits per heavy atom. The second kappa shape index (κ2) is 7.29. The predicted molar refractivity (Wildman–Crippen MR) is 86.9 cm³/mol. The average Bonchev–Trinajstić information content (AvgIpc) is 2.75. The lowest BCUT2D eigenvalue weighted by Crippen LogP contribution is -2.40. The number of rotatable bonds is 5. The van der Waals surface area contributed by atoms with Gasteiger partial charge in [-0.15, -0.1) is 0 Å². The van der Waals surface area contributed by atoms with Gasteiger partial charge in [0.1, 0.15) is 6.10 Å². The van der Waals surface area contributed by atoms with Gasteiger partial charge in [0.05, 0.1) is 17.1 Å². The Morgan fingerprint density at radius 2 is 1.87 bits per heavy atom. The molecule has 1 aromatic carbocycles. The van der Waals surface area contributed by atoms with Crippen molar-refractivity contribution in [3.8, 4) is 0 Å². The van der Waals surface area contributed by atoms with Crippen LogP contribution in [0.3, 0.4) is 0 Å². The summed E-state index contributed by atoms with van der Waals surface area (Å²) in [6, 6.07) is 6.34. The normalized spacial score (nSPS) is 27.8. The smallest absolute Gasteiger partial charge is 0.303 e. The van der Waals surface area contributed by atoms with Crippen LogP contribution in [0.1, 0.15) is 19.4 Å². The third kappa shape index (κ3) is 4.32. The first-order chi connectivity index (χ1) is 10.7. The predicted octanol–water partition coefficient (Wildman–Crippen LogP) is 2.18. The maximum absolute atomic E-state index is 12.5. The maximum atomic E-state index is 12.5. The number of ether oxygens (including phenoxy) is 2. The van der Waals surface area contributed by atoms with Crippen LogP contribution in [0.4, 0.5) is 0 Å². The van der Waals surface area contributed by atoms with Gasteiger partial charge in [-0.1, -0.05) is 33.6 Å². The van der Waals surface area contributed by atoms with Gasteiger partial charge in [-0.3, -0.25) is 8.98 Å². The van der Waals surface area contributed by atoms with Crippen molar-refractivity contribution in [1.82, 2.24) is 0 Å². The van der Waals surface area contributed by atoms with Crippen LogP contribution in [0.5, 0.6) is 0 Å². The molecule has 0 aromatic heterocycles. The molecule has 1 fully saturated rings. The van der Waals surface area contributed by atoms with Crippen LogP contribution in [0.2, 0.25) is 0 Å². The van der Waals surface area contributed by atoms with Crippen molar-refractivity contribution in [2.24, 2.45) is 0 Å². The molecule has 6 nitrogen and oxygen atoms in total. The number of aryl methyl sites for hydroxylation is 1. The summed E-state index contributed by atoms with van der Waals surface area (Å²) in [5, 5.41) is 0.364. The lowest BCUT2D eigenvalue weighted by atomic mass is 10.1. The van der Waals surface area contributed by atoms with Crippen molar-refractivity contribution in [2.75, 3.05) is 5.33 Å². The van der Waals surface area contributed by atoms with Gasteiger partial charge >= 0.3 is 5.97 Å². The highest BCUT2D eigenvalue weighted by molar-refractivity contribution is 9.09. The molecule has 0 aliphatic carbocycles. The Balaban J connectivity index is 2.26. The fourth-order valence-electron chi connectivity index (χ4n) is 2.41. The molecular weight excluding hydrogens is 388 g/mol. The highest BCUT2D eigenvalue weighted by Gasteiger charge is 2.47. The topological polar surface area (TPSA) is 78.9 Å². The Labute approximate surface area is 144 Å². The lowest BCUT2D eigenvalue weighted by molar-refractivity contribution is -0.151. The fraction of sp³-hybridized carbons (Fsp3) is 0.533. The second-order valence-electron chi connectivity index (χ2n) is 5.44. The van der Waals surface area contributed by atoms with Gasteiger partial charge in [0, 0.05) is 12.3 Å². The number of hydrogen-bond donors (Lipinski definition) is 0. The number of halogens is 1. The van der Waals surface area contributed by atoms with Gasteiger partial charge in [0.25, 0.3) is 10.1 Å². The molecule has 23 heavy (non-hydrogen) atoms. The van der Waals surface area contributed by atoms with Crippen molar-refractivity contribution in [3.63, 3.8) is 0 Å². The summed E-state index contributed by atoms with van der Waals surface area (Å²) < 4.78 is 41.1. The summed E-state index contributed by atoms with van der Waals surface area (Å²) in [5.41, 5.74) is 0.942. The first-order valence-electron chi connectivity index (χ1n) is 7.13. The van der Waals surface area contributed by atoms with E-state index >= 15 is 0 Å². The highest BCUT2D eigenvalue weighted by atomic mass is 79.9. The third-order valence-corrected chi connectivity index (χ3v) is 5.51.